The molecule has 0 amide bonds. The van der Waals surface area contributed by atoms with Gasteiger partial charge in [0.1, 0.15) is 11.8 Å². The minimum Gasteiger partial charge on any atom is -0.495 e. The highest BCUT2D eigenvalue weighted by molar-refractivity contribution is 7.89. The van der Waals surface area contributed by atoms with E-state index in [-0.39, 0.29) is 22.3 Å². The van der Waals surface area contributed by atoms with Gasteiger partial charge in [-0.15, -0.1) is 0 Å². The zero-order valence-electron chi connectivity index (χ0n) is 12.0. The smallest absolute Gasteiger partial charge is 0.321 e. The summed E-state index contributed by atoms with van der Waals surface area (Å²) in [5.41, 5.74) is 0. The highest BCUT2D eigenvalue weighted by Crippen LogP contribution is 2.27. The maximum Gasteiger partial charge on any atom is 0.321 e. The molecule has 8 heteroatoms. The molecule has 0 aliphatic carbocycles. The number of rotatable bonds is 7. The van der Waals surface area contributed by atoms with Gasteiger partial charge in [0.2, 0.25) is 10.0 Å². The molecule has 0 radical (unpaired) electrons. The number of carboxylic acid groups (broad SMARTS) is 1. The van der Waals surface area contributed by atoms with Crippen LogP contribution in [0, 0.1) is 5.92 Å². The molecule has 1 aromatic carbocycles. The third kappa shape index (κ3) is 4.87. The Morgan fingerprint density at radius 2 is 2.05 bits per heavy atom. The van der Waals surface area contributed by atoms with Gasteiger partial charge < -0.3 is 9.84 Å². The first-order valence-electron chi connectivity index (χ1n) is 6.26. The molecule has 118 valence electrons. The van der Waals surface area contributed by atoms with Crippen molar-refractivity contribution >= 4 is 27.6 Å². The average Bonchev–Trinajstić information content (AvgIpc) is 2.36. The van der Waals surface area contributed by atoms with E-state index in [9.17, 15) is 13.2 Å². The lowest BCUT2D eigenvalue weighted by atomic mass is 10.1. The van der Waals surface area contributed by atoms with Crippen LogP contribution in [0.3, 0.4) is 0 Å². The molecule has 1 aromatic rings. The fraction of sp³-hybridized carbons (Fsp3) is 0.462. The fourth-order valence-electron chi connectivity index (χ4n) is 1.74. The first-order chi connectivity index (χ1) is 9.67. The second-order valence-corrected chi connectivity index (χ2v) is 7.06. The lowest BCUT2D eigenvalue weighted by molar-refractivity contribution is -0.139. The molecule has 21 heavy (non-hydrogen) atoms. The van der Waals surface area contributed by atoms with Gasteiger partial charge in [-0.1, -0.05) is 25.4 Å². The number of hydrogen-bond acceptors (Lipinski definition) is 4. The highest BCUT2D eigenvalue weighted by Gasteiger charge is 2.26. The molecule has 1 atom stereocenters. The van der Waals surface area contributed by atoms with Gasteiger partial charge >= 0.3 is 5.97 Å². The van der Waals surface area contributed by atoms with Crippen LogP contribution in [0.15, 0.2) is 23.1 Å². The predicted molar refractivity (Wildman–Crippen MR) is 79.2 cm³/mol. The normalized spacial score (nSPS) is 13.2. The van der Waals surface area contributed by atoms with Crippen LogP contribution in [-0.2, 0) is 14.8 Å². The number of sulfonamides is 1. The molecule has 0 aliphatic heterocycles. The summed E-state index contributed by atoms with van der Waals surface area (Å²) in [6.45, 7) is 3.63. The predicted octanol–water partition coefficient (Wildman–Crippen LogP) is 2.13. The molecule has 6 nitrogen and oxygen atoms in total. The zero-order chi connectivity index (χ0) is 16.2. The van der Waals surface area contributed by atoms with Crippen LogP contribution in [-0.4, -0.2) is 32.6 Å². The standard InChI is InChI=1S/C13H18ClNO5S/c1-8(2)6-11(13(16)17)15-21(18,19)9-4-5-12(20-3)10(14)7-9/h4-5,7-8,11,15H,6H2,1-3H3,(H,16,17)/t11-/m1/s1. The molecule has 0 saturated carbocycles. The van der Waals surface area contributed by atoms with Crippen molar-refractivity contribution in [3.05, 3.63) is 23.2 Å². The molecular weight excluding hydrogens is 318 g/mol. The van der Waals surface area contributed by atoms with E-state index in [2.05, 4.69) is 4.72 Å². The number of carbonyl (C=O) groups is 1. The molecule has 0 heterocycles. The van der Waals surface area contributed by atoms with Crippen molar-refractivity contribution in [2.24, 2.45) is 5.92 Å². The number of carboxylic acids is 1. The van der Waals surface area contributed by atoms with Crippen LogP contribution in [0.25, 0.3) is 0 Å². The summed E-state index contributed by atoms with van der Waals surface area (Å²) in [5, 5.41) is 9.23. The van der Waals surface area contributed by atoms with Gasteiger partial charge in [0.05, 0.1) is 17.0 Å². The number of ether oxygens (including phenoxy) is 1. The fourth-order valence-corrected chi connectivity index (χ4v) is 3.29. The summed E-state index contributed by atoms with van der Waals surface area (Å²) in [4.78, 5) is 11.0. The summed E-state index contributed by atoms with van der Waals surface area (Å²) >= 11 is 5.89. The quantitative estimate of drug-likeness (QED) is 0.796. The van der Waals surface area contributed by atoms with E-state index in [1.54, 1.807) is 0 Å². The largest absolute Gasteiger partial charge is 0.495 e. The third-order valence-corrected chi connectivity index (χ3v) is 4.50. The highest BCUT2D eigenvalue weighted by atomic mass is 35.5. The van der Waals surface area contributed by atoms with Crippen molar-refractivity contribution in [3.8, 4) is 5.75 Å². The number of aliphatic carboxylic acids is 1. The van der Waals surface area contributed by atoms with Gasteiger partial charge in [-0.25, -0.2) is 8.42 Å². The van der Waals surface area contributed by atoms with Gasteiger partial charge in [0.15, 0.2) is 0 Å². The van der Waals surface area contributed by atoms with Gasteiger partial charge in [0.25, 0.3) is 0 Å². The lowest BCUT2D eigenvalue weighted by Gasteiger charge is -2.17. The summed E-state index contributed by atoms with van der Waals surface area (Å²) in [6, 6.07) is 2.75. The number of methoxy groups -OCH3 is 1. The first-order valence-corrected chi connectivity index (χ1v) is 8.12. The Hall–Kier alpha value is -1.31. The number of benzene rings is 1. The molecule has 0 spiro atoms. The molecular formula is C13H18ClNO5S. The number of nitrogens with one attached hydrogen (secondary N) is 1. The van der Waals surface area contributed by atoms with Crippen molar-refractivity contribution in [1.82, 2.24) is 4.72 Å². The van der Waals surface area contributed by atoms with Crippen LogP contribution in [0.5, 0.6) is 5.75 Å². The van der Waals surface area contributed by atoms with Crippen LogP contribution < -0.4 is 9.46 Å². The Morgan fingerprint density at radius 1 is 1.43 bits per heavy atom. The van der Waals surface area contributed by atoms with Crippen molar-refractivity contribution in [2.75, 3.05) is 7.11 Å². The summed E-state index contributed by atoms with van der Waals surface area (Å²) in [7, 11) is -2.56. The van der Waals surface area contributed by atoms with Gasteiger partial charge in [-0.05, 0) is 30.5 Å². The van der Waals surface area contributed by atoms with Crippen LogP contribution in [0.4, 0.5) is 0 Å². The molecule has 0 saturated heterocycles. The van der Waals surface area contributed by atoms with Crippen molar-refractivity contribution < 1.29 is 23.1 Å². The maximum absolute atomic E-state index is 12.2. The summed E-state index contributed by atoms with van der Waals surface area (Å²) in [5.74, 6) is -0.840. The van der Waals surface area contributed by atoms with E-state index in [0.717, 1.165) is 0 Å². The molecule has 2 N–H and O–H groups in total. The Labute approximate surface area is 129 Å². The molecule has 0 aliphatic rings. The molecule has 0 bridgehead atoms. The lowest BCUT2D eigenvalue weighted by Crippen LogP contribution is -2.41. The second-order valence-electron chi connectivity index (χ2n) is 4.94. The maximum atomic E-state index is 12.2. The van der Waals surface area contributed by atoms with E-state index in [1.807, 2.05) is 13.8 Å². The Kier molecular flexibility index (Phi) is 6.00. The van der Waals surface area contributed by atoms with Gasteiger partial charge in [-0.2, -0.15) is 4.72 Å². The zero-order valence-corrected chi connectivity index (χ0v) is 13.5. The van der Waals surface area contributed by atoms with Gasteiger partial charge in [0, 0.05) is 0 Å². The minimum absolute atomic E-state index is 0.0354. The minimum atomic E-state index is -3.97. The average molecular weight is 336 g/mol. The first kappa shape index (κ1) is 17.7. The van der Waals surface area contributed by atoms with Crippen LogP contribution in [0.1, 0.15) is 20.3 Å². The molecule has 0 fully saturated rings. The molecule has 0 unspecified atom stereocenters. The second kappa shape index (κ2) is 7.11. The van der Waals surface area contributed by atoms with E-state index in [4.69, 9.17) is 21.4 Å². The Bertz CT molecular complexity index is 615. The van der Waals surface area contributed by atoms with Crippen molar-refractivity contribution in [2.45, 2.75) is 31.2 Å². The summed E-state index contributed by atoms with van der Waals surface area (Å²) < 4.78 is 31.5. The monoisotopic (exact) mass is 335 g/mol. The van der Waals surface area contributed by atoms with Crippen molar-refractivity contribution in [3.63, 3.8) is 0 Å². The van der Waals surface area contributed by atoms with Crippen molar-refractivity contribution in [1.29, 1.82) is 0 Å². The van der Waals surface area contributed by atoms with E-state index in [1.165, 1.54) is 25.3 Å². The third-order valence-electron chi connectivity index (χ3n) is 2.74. The summed E-state index contributed by atoms with van der Waals surface area (Å²) in [6.07, 6.45) is 0.193. The number of hydrogen-bond donors (Lipinski definition) is 2. The SMILES string of the molecule is COc1ccc(S(=O)(=O)N[C@H](CC(C)C)C(=O)O)cc1Cl. The number of halogens is 1. The van der Waals surface area contributed by atoms with E-state index < -0.39 is 22.0 Å². The van der Waals surface area contributed by atoms with Crippen LogP contribution in [0.2, 0.25) is 5.02 Å². The topological polar surface area (TPSA) is 92.7 Å². The van der Waals surface area contributed by atoms with E-state index >= 15 is 0 Å². The van der Waals surface area contributed by atoms with Crippen LogP contribution >= 0.6 is 11.6 Å². The Balaban J connectivity index is 3.04. The Morgan fingerprint density at radius 3 is 2.48 bits per heavy atom. The van der Waals surface area contributed by atoms with Gasteiger partial charge in [-0.3, -0.25) is 4.79 Å². The van der Waals surface area contributed by atoms with E-state index in [0.29, 0.717) is 5.75 Å². The molecule has 0 aromatic heterocycles. The molecule has 1 rings (SSSR count).